The lowest BCUT2D eigenvalue weighted by Gasteiger charge is -2.15. The Morgan fingerprint density at radius 3 is 2.37 bits per heavy atom. The number of nitrogens with one attached hydrogen (secondary N) is 2. The molecular weight excluding hydrogens is 240 g/mol. The zero-order valence-electron chi connectivity index (χ0n) is 12.0. The van der Waals surface area contributed by atoms with Gasteiger partial charge in [-0.05, 0) is 37.0 Å². The Bertz CT molecular complexity index is 372. The van der Waals surface area contributed by atoms with Gasteiger partial charge in [-0.2, -0.15) is 0 Å². The summed E-state index contributed by atoms with van der Waals surface area (Å²) in [5, 5.41) is 5.83. The van der Waals surface area contributed by atoms with Crippen molar-refractivity contribution in [1.82, 2.24) is 10.6 Å². The summed E-state index contributed by atoms with van der Waals surface area (Å²) in [7, 11) is 1.65. The number of benzene rings is 1. The van der Waals surface area contributed by atoms with E-state index in [1.807, 2.05) is 24.3 Å². The van der Waals surface area contributed by atoms with Crippen LogP contribution in [0, 0.1) is 0 Å². The van der Waals surface area contributed by atoms with Gasteiger partial charge in [0, 0.05) is 12.6 Å². The molecule has 0 aliphatic rings. The first-order chi connectivity index (χ1) is 9.19. The number of carbonyl (C=O) groups is 1. The Morgan fingerprint density at radius 1 is 1.21 bits per heavy atom. The second-order valence-electron chi connectivity index (χ2n) is 4.51. The van der Waals surface area contributed by atoms with Crippen LogP contribution < -0.4 is 15.4 Å². The number of methoxy groups -OCH3 is 1. The number of hydrogen-bond donors (Lipinski definition) is 2. The van der Waals surface area contributed by atoms with Gasteiger partial charge in [-0.25, -0.2) is 4.79 Å². The molecule has 1 rings (SSSR count). The second-order valence-corrected chi connectivity index (χ2v) is 4.51. The minimum Gasteiger partial charge on any atom is -0.497 e. The van der Waals surface area contributed by atoms with E-state index >= 15 is 0 Å². The van der Waals surface area contributed by atoms with Gasteiger partial charge >= 0.3 is 6.03 Å². The fourth-order valence-corrected chi connectivity index (χ4v) is 1.84. The van der Waals surface area contributed by atoms with Gasteiger partial charge in [-0.1, -0.05) is 26.0 Å². The van der Waals surface area contributed by atoms with Gasteiger partial charge in [-0.15, -0.1) is 0 Å². The van der Waals surface area contributed by atoms with Crippen molar-refractivity contribution < 1.29 is 9.53 Å². The number of rotatable bonds is 7. The third-order valence-electron chi connectivity index (χ3n) is 3.18. The quantitative estimate of drug-likeness (QED) is 0.795. The molecule has 106 valence electrons. The summed E-state index contributed by atoms with van der Waals surface area (Å²) in [6.45, 7) is 4.79. The highest BCUT2D eigenvalue weighted by Gasteiger charge is 2.06. The largest absolute Gasteiger partial charge is 0.497 e. The highest BCUT2D eigenvalue weighted by atomic mass is 16.5. The van der Waals surface area contributed by atoms with Crippen molar-refractivity contribution in [3.8, 4) is 5.75 Å². The molecule has 0 radical (unpaired) electrons. The maximum absolute atomic E-state index is 11.6. The van der Waals surface area contributed by atoms with Crippen LogP contribution in [0.4, 0.5) is 4.79 Å². The zero-order chi connectivity index (χ0) is 14.1. The number of ether oxygens (including phenoxy) is 1. The Balaban J connectivity index is 2.27. The number of urea groups is 1. The Kier molecular flexibility index (Phi) is 6.79. The highest BCUT2D eigenvalue weighted by molar-refractivity contribution is 5.74. The van der Waals surface area contributed by atoms with E-state index in [-0.39, 0.29) is 12.1 Å². The van der Waals surface area contributed by atoms with E-state index in [9.17, 15) is 4.79 Å². The van der Waals surface area contributed by atoms with Crippen LogP contribution in [0.3, 0.4) is 0 Å². The molecule has 4 nitrogen and oxygen atoms in total. The Morgan fingerprint density at radius 2 is 1.84 bits per heavy atom. The molecule has 0 atom stereocenters. The van der Waals surface area contributed by atoms with E-state index in [0.717, 1.165) is 25.0 Å². The molecule has 1 aromatic carbocycles. The Hall–Kier alpha value is -1.71. The fourth-order valence-electron chi connectivity index (χ4n) is 1.84. The van der Waals surface area contributed by atoms with Gasteiger partial charge in [0.1, 0.15) is 5.75 Å². The minimum absolute atomic E-state index is 0.0813. The molecule has 1 aromatic rings. The second kappa shape index (κ2) is 8.40. The average Bonchev–Trinajstić information content (AvgIpc) is 2.45. The molecule has 0 heterocycles. The van der Waals surface area contributed by atoms with Crippen molar-refractivity contribution >= 4 is 6.03 Å². The molecule has 0 fully saturated rings. The highest BCUT2D eigenvalue weighted by Crippen LogP contribution is 2.11. The normalized spacial score (nSPS) is 10.3. The van der Waals surface area contributed by atoms with E-state index in [4.69, 9.17) is 4.74 Å². The number of carbonyl (C=O) groups excluding carboxylic acids is 1. The van der Waals surface area contributed by atoms with Gasteiger partial charge in [0.15, 0.2) is 0 Å². The van der Waals surface area contributed by atoms with Crippen LogP contribution in [0.1, 0.15) is 32.3 Å². The van der Waals surface area contributed by atoms with Crippen molar-refractivity contribution in [2.45, 2.75) is 39.2 Å². The van der Waals surface area contributed by atoms with Crippen LogP contribution in [-0.2, 0) is 6.42 Å². The van der Waals surface area contributed by atoms with Crippen LogP contribution in [0.5, 0.6) is 5.75 Å². The molecule has 0 aliphatic carbocycles. The number of hydrogen-bond acceptors (Lipinski definition) is 2. The van der Waals surface area contributed by atoms with E-state index in [1.54, 1.807) is 7.11 Å². The lowest BCUT2D eigenvalue weighted by molar-refractivity contribution is 0.236. The molecule has 0 unspecified atom stereocenters. The summed E-state index contributed by atoms with van der Waals surface area (Å²) in [6, 6.07) is 8.07. The third kappa shape index (κ3) is 5.64. The van der Waals surface area contributed by atoms with Gasteiger partial charge in [0.2, 0.25) is 0 Å². The predicted molar refractivity (Wildman–Crippen MR) is 77.6 cm³/mol. The summed E-state index contributed by atoms with van der Waals surface area (Å²) in [5.41, 5.74) is 1.18. The molecule has 0 spiro atoms. The number of amides is 2. The van der Waals surface area contributed by atoms with E-state index in [0.29, 0.717) is 6.54 Å². The molecule has 0 aliphatic heterocycles. The first-order valence-electron chi connectivity index (χ1n) is 6.86. The SMILES string of the molecule is CCC(CC)NC(=O)NCCc1ccc(OC)cc1. The summed E-state index contributed by atoms with van der Waals surface area (Å²) in [4.78, 5) is 11.6. The van der Waals surface area contributed by atoms with Gasteiger partial charge in [-0.3, -0.25) is 0 Å². The van der Waals surface area contributed by atoms with Gasteiger partial charge in [0.25, 0.3) is 0 Å². The van der Waals surface area contributed by atoms with E-state index in [1.165, 1.54) is 5.56 Å². The lowest BCUT2D eigenvalue weighted by Crippen LogP contribution is -2.42. The lowest BCUT2D eigenvalue weighted by atomic mass is 10.1. The van der Waals surface area contributed by atoms with Crippen molar-refractivity contribution in [1.29, 1.82) is 0 Å². The zero-order valence-corrected chi connectivity index (χ0v) is 12.0. The molecule has 2 amide bonds. The summed E-state index contributed by atoms with van der Waals surface area (Å²) < 4.78 is 5.10. The first kappa shape index (κ1) is 15.3. The molecule has 2 N–H and O–H groups in total. The molecule has 4 heteroatoms. The average molecular weight is 264 g/mol. The van der Waals surface area contributed by atoms with Crippen LogP contribution >= 0.6 is 0 Å². The maximum atomic E-state index is 11.6. The molecular formula is C15H24N2O2. The van der Waals surface area contributed by atoms with E-state index < -0.39 is 0 Å². The predicted octanol–water partition coefficient (Wildman–Crippen LogP) is 2.73. The van der Waals surface area contributed by atoms with Crippen LogP contribution in [-0.4, -0.2) is 25.7 Å². The third-order valence-corrected chi connectivity index (χ3v) is 3.18. The fraction of sp³-hybridized carbons (Fsp3) is 0.533. The van der Waals surface area contributed by atoms with Gasteiger partial charge < -0.3 is 15.4 Å². The van der Waals surface area contributed by atoms with Crippen molar-refractivity contribution in [3.63, 3.8) is 0 Å². The summed E-state index contributed by atoms with van der Waals surface area (Å²) in [5.74, 6) is 0.850. The monoisotopic (exact) mass is 264 g/mol. The van der Waals surface area contributed by atoms with Crippen LogP contribution in [0.25, 0.3) is 0 Å². The van der Waals surface area contributed by atoms with Crippen molar-refractivity contribution in [2.24, 2.45) is 0 Å². The Labute approximate surface area is 115 Å². The summed E-state index contributed by atoms with van der Waals surface area (Å²) in [6.07, 6.45) is 2.74. The molecule has 0 saturated carbocycles. The van der Waals surface area contributed by atoms with E-state index in [2.05, 4.69) is 24.5 Å². The first-order valence-corrected chi connectivity index (χ1v) is 6.86. The summed E-state index contributed by atoms with van der Waals surface area (Å²) >= 11 is 0. The minimum atomic E-state index is -0.0813. The van der Waals surface area contributed by atoms with Crippen molar-refractivity contribution in [2.75, 3.05) is 13.7 Å². The smallest absolute Gasteiger partial charge is 0.315 e. The topological polar surface area (TPSA) is 50.4 Å². The van der Waals surface area contributed by atoms with Gasteiger partial charge in [0.05, 0.1) is 7.11 Å². The maximum Gasteiger partial charge on any atom is 0.315 e. The van der Waals surface area contributed by atoms with Crippen molar-refractivity contribution in [3.05, 3.63) is 29.8 Å². The molecule has 0 aromatic heterocycles. The molecule has 0 bridgehead atoms. The van der Waals surface area contributed by atoms with Crippen LogP contribution in [0.2, 0.25) is 0 Å². The molecule has 0 saturated heterocycles. The van der Waals surface area contributed by atoms with Crippen LogP contribution in [0.15, 0.2) is 24.3 Å². The standard InChI is InChI=1S/C15H24N2O2/c1-4-13(5-2)17-15(18)16-11-10-12-6-8-14(19-3)9-7-12/h6-9,13H,4-5,10-11H2,1-3H3,(H2,16,17,18). The molecule has 19 heavy (non-hydrogen) atoms.